The molecule has 5 nitrogen and oxygen atoms in total. The second-order valence-electron chi connectivity index (χ2n) is 4.54. The lowest BCUT2D eigenvalue weighted by molar-refractivity contribution is -0.141. The first-order valence-corrected chi connectivity index (χ1v) is 5.77. The van der Waals surface area contributed by atoms with E-state index in [1.165, 1.54) is 12.1 Å². The highest BCUT2D eigenvalue weighted by Crippen LogP contribution is 2.26. The normalized spacial score (nSPS) is 15.3. The quantitative estimate of drug-likeness (QED) is 0.659. The van der Waals surface area contributed by atoms with Crippen molar-refractivity contribution in [2.45, 2.75) is 19.4 Å². The Morgan fingerprint density at radius 1 is 1.26 bits per heavy atom. The summed E-state index contributed by atoms with van der Waals surface area (Å²) in [6, 6.07) is 5.12. The van der Waals surface area contributed by atoms with Gasteiger partial charge in [-0.2, -0.15) is 0 Å². The van der Waals surface area contributed by atoms with E-state index in [0.717, 1.165) is 4.90 Å². The van der Waals surface area contributed by atoms with Gasteiger partial charge in [-0.3, -0.25) is 14.5 Å². The van der Waals surface area contributed by atoms with Gasteiger partial charge in [-0.1, -0.05) is 17.7 Å². The Bertz CT molecular complexity index is 556. The number of hydrogen-bond donors (Lipinski definition) is 1. The Morgan fingerprint density at radius 3 is 2.11 bits per heavy atom. The van der Waals surface area contributed by atoms with Gasteiger partial charge < -0.3 is 5.11 Å². The molecule has 1 aromatic carbocycles. The molecule has 2 amide bonds. The molecular weight excluding hydrogens is 246 g/mol. The van der Waals surface area contributed by atoms with Gasteiger partial charge in [-0.15, -0.1) is 6.58 Å². The van der Waals surface area contributed by atoms with Gasteiger partial charge in [0.05, 0.1) is 11.1 Å². The Labute approximate surface area is 110 Å². The van der Waals surface area contributed by atoms with E-state index in [0.29, 0.717) is 5.57 Å². The zero-order valence-corrected chi connectivity index (χ0v) is 10.4. The second kappa shape index (κ2) is 4.68. The van der Waals surface area contributed by atoms with E-state index in [4.69, 9.17) is 0 Å². The van der Waals surface area contributed by atoms with Gasteiger partial charge in [0, 0.05) is 0 Å². The zero-order chi connectivity index (χ0) is 14.2. The summed E-state index contributed by atoms with van der Waals surface area (Å²) in [4.78, 5) is 36.4. The standard InChI is InChI=1S/C14H13NO4/c1-8(2)7-11(14(18)19)15-12(16)9-5-3-4-6-10(9)13(15)17/h3-6,11H,1,7H2,2H3,(H,18,19). The highest BCUT2D eigenvalue weighted by atomic mass is 16.4. The van der Waals surface area contributed by atoms with Crippen LogP contribution in [-0.2, 0) is 4.79 Å². The van der Waals surface area contributed by atoms with Crippen LogP contribution in [-0.4, -0.2) is 33.8 Å². The van der Waals surface area contributed by atoms with Gasteiger partial charge >= 0.3 is 5.97 Å². The van der Waals surface area contributed by atoms with Crippen LogP contribution < -0.4 is 0 Å². The number of carbonyl (C=O) groups is 3. The highest BCUT2D eigenvalue weighted by Gasteiger charge is 2.42. The molecule has 2 rings (SSSR count). The number of amides is 2. The number of carboxylic acids is 1. The van der Waals surface area contributed by atoms with E-state index in [1.807, 2.05) is 0 Å². The molecule has 0 spiro atoms. The lowest BCUT2D eigenvalue weighted by atomic mass is 10.1. The van der Waals surface area contributed by atoms with E-state index < -0.39 is 23.8 Å². The van der Waals surface area contributed by atoms with Gasteiger partial charge in [0.25, 0.3) is 11.8 Å². The van der Waals surface area contributed by atoms with Crippen molar-refractivity contribution in [3.05, 3.63) is 47.5 Å². The minimum absolute atomic E-state index is 0.0564. The van der Waals surface area contributed by atoms with Gasteiger partial charge in [0.15, 0.2) is 0 Å². The number of benzene rings is 1. The minimum Gasteiger partial charge on any atom is -0.480 e. The van der Waals surface area contributed by atoms with E-state index in [2.05, 4.69) is 6.58 Å². The molecule has 0 fully saturated rings. The summed E-state index contributed by atoms with van der Waals surface area (Å²) >= 11 is 0. The molecule has 5 heteroatoms. The number of fused-ring (bicyclic) bond motifs is 1. The number of rotatable bonds is 4. The predicted octanol–water partition coefficient (Wildman–Crippen LogP) is 1.70. The molecule has 1 aliphatic rings. The van der Waals surface area contributed by atoms with Crippen molar-refractivity contribution in [2.75, 3.05) is 0 Å². The van der Waals surface area contributed by atoms with E-state index in [-0.39, 0.29) is 17.5 Å². The maximum Gasteiger partial charge on any atom is 0.327 e. The summed E-state index contributed by atoms with van der Waals surface area (Å²) in [7, 11) is 0. The third-order valence-electron chi connectivity index (χ3n) is 2.96. The van der Waals surface area contributed by atoms with E-state index >= 15 is 0 Å². The summed E-state index contributed by atoms with van der Waals surface area (Å²) < 4.78 is 0. The van der Waals surface area contributed by atoms with E-state index in [1.54, 1.807) is 19.1 Å². The maximum atomic E-state index is 12.1. The molecule has 0 bridgehead atoms. The fourth-order valence-electron chi connectivity index (χ4n) is 2.11. The average molecular weight is 259 g/mol. The van der Waals surface area contributed by atoms with Gasteiger partial charge in [-0.05, 0) is 25.5 Å². The van der Waals surface area contributed by atoms with Gasteiger partial charge in [-0.25, -0.2) is 4.79 Å². The first-order chi connectivity index (χ1) is 8.93. The van der Waals surface area contributed by atoms with Crippen LogP contribution >= 0.6 is 0 Å². The highest BCUT2D eigenvalue weighted by molar-refractivity contribution is 6.22. The monoisotopic (exact) mass is 259 g/mol. The lowest BCUT2D eigenvalue weighted by Gasteiger charge is -2.22. The molecule has 1 heterocycles. The molecule has 1 atom stereocenters. The third kappa shape index (κ3) is 2.14. The second-order valence-corrected chi connectivity index (χ2v) is 4.54. The van der Waals surface area contributed by atoms with Gasteiger partial charge in [0.2, 0.25) is 0 Å². The number of carbonyl (C=O) groups excluding carboxylic acids is 2. The number of aliphatic carboxylic acids is 1. The molecule has 0 saturated carbocycles. The number of imide groups is 1. The number of carboxylic acid groups (broad SMARTS) is 1. The molecule has 1 aliphatic heterocycles. The van der Waals surface area contributed by atoms with Crippen LogP contribution in [0, 0.1) is 0 Å². The van der Waals surface area contributed by atoms with Crippen molar-refractivity contribution in [1.29, 1.82) is 0 Å². The van der Waals surface area contributed by atoms with Crippen LogP contribution in [0.25, 0.3) is 0 Å². The van der Waals surface area contributed by atoms with Crippen LogP contribution in [0.5, 0.6) is 0 Å². The number of nitrogens with zero attached hydrogens (tertiary/aromatic N) is 1. The maximum absolute atomic E-state index is 12.1. The summed E-state index contributed by atoms with van der Waals surface area (Å²) in [5.41, 5.74) is 1.10. The molecule has 0 radical (unpaired) electrons. The van der Waals surface area contributed by atoms with Crippen molar-refractivity contribution in [3.8, 4) is 0 Å². The van der Waals surface area contributed by atoms with E-state index in [9.17, 15) is 19.5 Å². The molecule has 0 aromatic heterocycles. The largest absolute Gasteiger partial charge is 0.480 e. The van der Waals surface area contributed by atoms with Crippen molar-refractivity contribution in [2.24, 2.45) is 0 Å². The van der Waals surface area contributed by atoms with Crippen LogP contribution in [0.4, 0.5) is 0 Å². The first-order valence-electron chi connectivity index (χ1n) is 5.77. The summed E-state index contributed by atoms with van der Waals surface area (Å²) in [6.07, 6.45) is 0.0564. The smallest absolute Gasteiger partial charge is 0.327 e. The molecule has 0 saturated heterocycles. The topological polar surface area (TPSA) is 74.7 Å². The Kier molecular flexibility index (Phi) is 3.21. The summed E-state index contributed by atoms with van der Waals surface area (Å²) in [6.45, 7) is 5.30. The molecule has 98 valence electrons. The number of hydrogen-bond acceptors (Lipinski definition) is 3. The minimum atomic E-state index is -1.21. The molecule has 1 unspecified atom stereocenters. The van der Waals surface area contributed by atoms with Crippen LogP contribution in [0.3, 0.4) is 0 Å². The summed E-state index contributed by atoms with van der Waals surface area (Å²) in [5, 5.41) is 9.21. The average Bonchev–Trinajstić information content (AvgIpc) is 2.60. The fraction of sp³-hybridized carbons (Fsp3) is 0.214. The third-order valence-corrected chi connectivity index (χ3v) is 2.96. The van der Waals surface area contributed by atoms with Gasteiger partial charge in [0.1, 0.15) is 6.04 Å². The van der Waals surface area contributed by atoms with Crippen molar-refractivity contribution >= 4 is 17.8 Å². The lowest BCUT2D eigenvalue weighted by Crippen LogP contribution is -2.44. The molecule has 1 aromatic rings. The SMILES string of the molecule is C=C(C)CC(C(=O)O)N1C(=O)c2ccccc2C1=O. The summed E-state index contributed by atoms with van der Waals surface area (Å²) in [5.74, 6) is -2.33. The molecule has 19 heavy (non-hydrogen) atoms. The van der Waals surface area contributed by atoms with Crippen LogP contribution in [0.15, 0.2) is 36.4 Å². The van der Waals surface area contributed by atoms with Crippen LogP contribution in [0.1, 0.15) is 34.1 Å². The fourth-order valence-corrected chi connectivity index (χ4v) is 2.11. The van der Waals surface area contributed by atoms with Crippen LogP contribution in [0.2, 0.25) is 0 Å². The molecule has 0 aliphatic carbocycles. The molecule has 1 N–H and O–H groups in total. The molecular formula is C14H13NO4. The zero-order valence-electron chi connectivity index (χ0n) is 10.4. The first kappa shape index (κ1) is 13.0. The Balaban J connectivity index is 2.42. The van der Waals surface area contributed by atoms with Crippen molar-refractivity contribution in [1.82, 2.24) is 4.90 Å². The van der Waals surface area contributed by atoms with Crippen molar-refractivity contribution in [3.63, 3.8) is 0 Å². The Morgan fingerprint density at radius 2 is 1.74 bits per heavy atom. The predicted molar refractivity (Wildman–Crippen MR) is 67.8 cm³/mol. The van der Waals surface area contributed by atoms with Crippen molar-refractivity contribution < 1.29 is 19.5 Å². The Hall–Kier alpha value is -2.43.